The van der Waals surface area contributed by atoms with E-state index in [0.29, 0.717) is 56.7 Å². The molecule has 5 aliphatic rings. The molecule has 12 nitrogen and oxygen atoms in total. The summed E-state index contributed by atoms with van der Waals surface area (Å²) >= 11 is 14.1. The number of carbonyl (C=O) groups excluding carboxylic acids is 2. The minimum absolute atomic E-state index is 0.0524. The van der Waals surface area contributed by atoms with Gasteiger partial charge in [-0.15, -0.1) is 0 Å². The maximum atomic E-state index is 13.8. The number of benzene rings is 2. The first-order valence-corrected chi connectivity index (χ1v) is 21.0. The molecule has 0 unspecified atom stereocenters. The van der Waals surface area contributed by atoms with Crippen LogP contribution in [0, 0.1) is 10.8 Å². The van der Waals surface area contributed by atoms with Gasteiger partial charge >= 0.3 is 5.97 Å². The molecule has 2 aromatic carbocycles. The summed E-state index contributed by atoms with van der Waals surface area (Å²) in [6.45, 7) is 5.60. The molecule has 1 saturated heterocycles. The van der Waals surface area contributed by atoms with Gasteiger partial charge in [-0.25, -0.2) is 9.97 Å². The van der Waals surface area contributed by atoms with Gasteiger partial charge in [-0.2, -0.15) is 0 Å². The van der Waals surface area contributed by atoms with Crippen LogP contribution in [-0.4, -0.2) is 90.6 Å². The van der Waals surface area contributed by atoms with Gasteiger partial charge in [-0.05, 0) is 62.0 Å². The summed E-state index contributed by atoms with van der Waals surface area (Å²) in [5.74, 6) is -0.370. The van der Waals surface area contributed by atoms with Crippen LogP contribution in [0.1, 0.15) is 94.5 Å². The molecule has 5 heterocycles. The smallest absolute Gasteiger partial charge is 0.309 e. The van der Waals surface area contributed by atoms with Crippen LogP contribution in [0.3, 0.4) is 0 Å². The highest BCUT2D eigenvalue weighted by atomic mass is 35.5. The van der Waals surface area contributed by atoms with Crippen LogP contribution in [0.5, 0.6) is 0 Å². The molecule has 0 atom stereocenters. The van der Waals surface area contributed by atoms with Crippen molar-refractivity contribution in [1.82, 2.24) is 28.9 Å². The predicted molar refractivity (Wildman–Crippen MR) is 217 cm³/mol. The number of carboxylic acids is 1. The molecule has 2 N–H and O–H groups in total. The van der Waals surface area contributed by atoms with E-state index in [9.17, 15) is 19.5 Å². The van der Waals surface area contributed by atoms with Crippen LogP contribution in [0.2, 0.25) is 10.0 Å². The van der Waals surface area contributed by atoms with E-state index in [1.807, 2.05) is 53.6 Å². The average molecular weight is 815 g/mol. The number of aromatic nitrogens is 4. The molecule has 2 aliphatic carbocycles. The van der Waals surface area contributed by atoms with Crippen molar-refractivity contribution < 1.29 is 24.2 Å². The van der Waals surface area contributed by atoms with Crippen molar-refractivity contribution in [3.8, 4) is 11.1 Å². The Balaban J connectivity index is 0.881. The van der Waals surface area contributed by atoms with E-state index in [4.69, 9.17) is 37.9 Å². The molecule has 0 spiro atoms. The molecule has 9 rings (SSSR count). The second-order valence-electron chi connectivity index (χ2n) is 17.1. The highest BCUT2D eigenvalue weighted by Gasteiger charge is 2.58. The third-order valence-corrected chi connectivity index (χ3v) is 14.6. The number of nitrogens with zero attached hydrogens (tertiary/aromatic N) is 6. The standard InChI is InChI=1S/C43H49Cl2N7O5/c1-49-34-10-18-52(27-11-19-57-20-12-27)23-32(34)46-38(49)35(53)21-26-5-3-6-28(36(26)44)29-7-4-8-30(37(29)45)48-40(54)39-47-31-22-51(17-9-33(31)50(39)2)25-42-13-15-43(24-42,16-14-42)41(55)56/h3-8,27H,9-25H2,1-2H3,(H,48,54)(H,55,56). The molecule has 2 aromatic heterocycles. The summed E-state index contributed by atoms with van der Waals surface area (Å²) in [7, 11) is 3.80. The number of aliphatic carboxylic acids is 1. The highest BCUT2D eigenvalue weighted by Crippen LogP contribution is 2.62. The van der Waals surface area contributed by atoms with E-state index in [-0.39, 0.29) is 23.5 Å². The number of halogens is 2. The Bertz CT molecular complexity index is 2270. The van der Waals surface area contributed by atoms with Gasteiger partial charge in [0.1, 0.15) is 0 Å². The predicted octanol–water partition coefficient (Wildman–Crippen LogP) is 6.74. The number of ether oxygens (including phenoxy) is 1. The lowest BCUT2D eigenvalue weighted by atomic mass is 9.81. The lowest BCUT2D eigenvalue weighted by Crippen LogP contribution is -2.42. The normalized spacial score (nSPS) is 23.7. The summed E-state index contributed by atoms with van der Waals surface area (Å²) in [4.78, 5) is 54.1. The zero-order valence-corrected chi connectivity index (χ0v) is 34.1. The van der Waals surface area contributed by atoms with Gasteiger partial charge in [0, 0.05) is 108 Å². The molecular formula is C43H49Cl2N7O5. The minimum atomic E-state index is -0.644. The number of hydrogen-bond acceptors (Lipinski definition) is 8. The Hall–Kier alpha value is -4.07. The van der Waals surface area contributed by atoms with Crippen LogP contribution < -0.4 is 5.32 Å². The first-order chi connectivity index (χ1) is 27.4. The number of fused-ring (bicyclic) bond motifs is 4. The largest absolute Gasteiger partial charge is 0.481 e. The zero-order valence-electron chi connectivity index (χ0n) is 32.6. The van der Waals surface area contributed by atoms with Crippen LogP contribution in [-0.2, 0) is 56.0 Å². The quantitative estimate of drug-likeness (QED) is 0.167. The summed E-state index contributed by atoms with van der Waals surface area (Å²) in [6, 6.07) is 11.5. The summed E-state index contributed by atoms with van der Waals surface area (Å²) < 4.78 is 9.39. The molecule has 14 heteroatoms. The molecule has 57 heavy (non-hydrogen) atoms. The van der Waals surface area contributed by atoms with Gasteiger partial charge in [-0.3, -0.25) is 24.2 Å². The number of carbonyl (C=O) groups is 3. The van der Waals surface area contributed by atoms with Crippen molar-refractivity contribution >= 4 is 46.5 Å². The van der Waals surface area contributed by atoms with E-state index in [1.165, 1.54) is 0 Å². The van der Waals surface area contributed by atoms with Crippen molar-refractivity contribution in [2.45, 2.75) is 83.3 Å². The van der Waals surface area contributed by atoms with Crippen LogP contribution in [0.4, 0.5) is 5.69 Å². The molecular weight excluding hydrogens is 765 g/mol. The number of ketones is 1. The van der Waals surface area contributed by atoms with Crippen molar-refractivity contribution in [2.24, 2.45) is 24.9 Å². The first-order valence-electron chi connectivity index (χ1n) is 20.2. The molecule has 300 valence electrons. The minimum Gasteiger partial charge on any atom is -0.481 e. The monoisotopic (exact) mass is 813 g/mol. The molecule has 2 saturated carbocycles. The average Bonchev–Trinajstić information content (AvgIpc) is 3.96. The lowest BCUT2D eigenvalue weighted by Gasteiger charge is -2.36. The Morgan fingerprint density at radius 3 is 2.23 bits per heavy atom. The fourth-order valence-electron chi connectivity index (χ4n) is 10.6. The fourth-order valence-corrected chi connectivity index (χ4v) is 11.1. The number of anilines is 1. The summed E-state index contributed by atoms with van der Waals surface area (Å²) in [5, 5.41) is 13.6. The number of nitrogens with one attached hydrogen (secondary N) is 1. The summed E-state index contributed by atoms with van der Waals surface area (Å²) in [5.41, 5.74) is 5.90. The second-order valence-corrected chi connectivity index (χ2v) is 17.8. The SMILES string of the molecule is Cn1c(C(=O)Cc2cccc(-c3cccc(NC(=O)c4nc5c(n4C)CCN(CC46CCC(C(=O)O)(CC4)C6)C5)c3Cl)c2Cl)nc2c1CCN(C1CCOCC1)C2. The third kappa shape index (κ3) is 6.90. The van der Waals surface area contributed by atoms with Gasteiger partial charge in [-0.1, -0.05) is 53.5 Å². The molecule has 2 bridgehead atoms. The van der Waals surface area contributed by atoms with Crippen LogP contribution in [0.25, 0.3) is 11.1 Å². The van der Waals surface area contributed by atoms with Crippen molar-refractivity contribution in [3.63, 3.8) is 0 Å². The maximum Gasteiger partial charge on any atom is 0.309 e. The number of hydrogen-bond donors (Lipinski definition) is 2. The molecule has 4 aromatic rings. The van der Waals surface area contributed by atoms with Crippen LogP contribution in [0.15, 0.2) is 36.4 Å². The molecule has 3 aliphatic heterocycles. The van der Waals surface area contributed by atoms with E-state index in [2.05, 4.69) is 15.1 Å². The Kier molecular flexibility index (Phi) is 10.1. The van der Waals surface area contributed by atoms with Gasteiger partial charge in [0.05, 0.1) is 32.5 Å². The van der Waals surface area contributed by atoms with Crippen molar-refractivity contribution in [1.29, 1.82) is 0 Å². The van der Waals surface area contributed by atoms with Crippen molar-refractivity contribution in [3.05, 3.63) is 86.4 Å². The zero-order chi connectivity index (χ0) is 39.6. The third-order valence-electron chi connectivity index (χ3n) is 13.7. The van der Waals surface area contributed by atoms with E-state index < -0.39 is 11.4 Å². The van der Waals surface area contributed by atoms with E-state index in [0.717, 1.165) is 120 Å². The number of rotatable bonds is 10. The fraction of sp³-hybridized carbons (Fsp3) is 0.512. The van der Waals surface area contributed by atoms with Gasteiger partial charge in [0.2, 0.25) is 5.78 Å². The highest BCUT2D eigenvalue weighted by molar-refractivity contribution is 6.39. The molecule has 1 amide bonds. The number of Topliss-reactive ketones (excluding diaryl/α,β-unsaturated/α-hetero) is 1. The number of imidazole rings is 2. The second kappa shape index (κ2) is 14.9. The molecule has 0 radical (unpaired) electrons. The molecule has 3 fully saturated rings. The topological polar surface area (TPSA) is 135 Å². The van der Waals surface area contributed by atoms with Gasteiger partial charge < -0.3 is 24.3 Å². The Morgan fingerprint density at radius 1 is 0.860 bits per heavy atom. The first kappa shape index (κ1) is 38.4. The van der Waals surface area contributed by atoms with Gasteiger partial charge in [0.25, 0.3) is 5.91 Å². The lowest BCUT2D eigenvalue weighted by molar-refractivity contribution is -0.148. The van der Waals surface area contributed by atoms with E-state index >= 15 is 0 Å². The van der Waals surface area contributed by atoms with Gasteiger partial charge in [0.15, 0.2) is 11.6 Å². The van der Waals surface area contributed by atoms with Crippen molar-refractivity contribution in [2.75, 3.05) is 38.2 Å². The summed E-state index contributed by atoms with van der Waals surface area (Å²) in [6.07, 6.45) is 7.93. The Labute approximate surface area is 342 Å². The number of amides is 1. The van der Waals surface area contributed by atoms with E-state index in [1.54, 1.807) is 6.07 Å². The van der Waals surface area contributed by atoms with Crippen LogP contribution >= 0.6 is 23.2 Å². The Morgan fingerprint density at radius 2 is 1.51 bits per heavy atom. The number of carboxylic acid groups (broad SMARTS) is 1. The maximum absolute atomic E-state index is 13.8.